The Kier molecular flexibility index (Phi) is 16.7. The second-order valence-electron chi connectivity index (χ2n) is 37.8. The number of hydrogen-bond donors (Lipinski definition) is 4. The highest BCUT2D eigenvalue weighted by molar-refractivity contribution is 5.70. The number of rotatable bonds is 24. The molecule has 8 atom stereocenters. The molecular formula is C88H112O12. The van der Waals surface area contributed by atoms with Crippen LogP contribution in [-0.2, 0) is 66.5 Å². The van der Waals surface area contributed by atoms with Gasteiger partial charge >= 0.3 is 23.9 Å². The van der Waals surface area contributed by atoms with Crippen LogP contribution in [0.3, 0.4) is 0 Å². The third-order valence-electron chi connectivity index (χ3n) is 29.6. The normalized spacial score (nSPS) is 37.0. The molecule has 12 heteroatoms. The first-order chi connectivity index (χ1) is 48.0. The molecule has 24 bridgehead atoms. The molecule has 0 radical (unpaired) electrons. The molecule has 0 saturated heterocycles. The lowest BCUT2D eigenvalue weighted by Crippen LogP contribution is -2.54. The molecule has 8 unspecified atom stereocenters. The molecule has 536 valence electrons. The molecule has 4 aromatic carbocycles. The molecule has 17 aliphatic carbocycles. The molecule has 0 amide bonds. The van der Waals surface area contributed by atoms with Crippen molar-refractivity contribution in [1.29, 1.82) is 0 Å². The number of aliphatic carboxylic acids is 4. The van der Waals surface area contributed by atoms with E-state index in [9.17, 15) is 39.6 Å². The molecule has 0 heterocycles. The van der Waals surface area contributed by atoms with Crippen LogP contribution in [0, 0.1) is 69.0 Å². The Labute approximate surface area is 593 Å². The monoisotopic (exact) mass is 1360 g/mol. The Hall–Kier alpha value is -6.04. The lowest BCUT2D eigenvalue weighted by atomic mass is 9.42. The van der Waals surface area contributed by atoms with Crippen LogP contribution in [0.4, 0.5) is 0 Å². The Morgan fingerprint density at radius 3 is 0.620 bits per heavy atom. The maximum Gasteiger partial charge on any atom is 0.303 e. The first-order valence-electron chi connectivity index (χ1n) is 40.1. The summed E-state index contributed by atoms with van der Waals surface area (Å²) in [4.78, 5) is 52.4. The summed E-state index contributed by atoms with van der Waals surface area (Å²) in [5, 5.41) is 43.0. The molecule has 16 saturated carbocycles. The summed E-state index contributed by atoms with van der Waals surface area (Å²) in [6.07, 6.45) is 30.6. The predicted molar refractivity (Wildman–Crippen MR) is 384 cm³/mol. The third-order valence-corrected chi connectivity index (χ3v) is 29.6. The lowest BCUT2D eigenvalue weighted by molar-refractivity contribution is -0.148. The van der Waals surface area contributed by atoms with E-state index < -0.39 is 23.9 Å². The summed E-state index contributed by atoms with van der Waals surface area (Å²) in [5.74, 6) is 4.58. The molecule has 4 aromatic rings. The highest BCUT2D eigenvalue weighted by atomic mass is 16.5. The van der Waals surface area contributed by atoms with E-state index in [1.54, 1.807) is 0 Å². The van der Waals surface area contributed by atoms with E-state index in [-0.39, 0.29) is 69.0 Å². The van der Waals surface area contributed by atoms with Crippen LogP contribution in [0.5, 0.6) is 23.0 Å². The average molecular weight is 1360 g/mol. The number of carbonyl (C=O) groups is 4. The zero-order valence-electron chi connectivity index (χ0n) is 60.6. The van der Waals surface area contributed by atoms with Gasteiger partial charge in [0.1, 0.15) is 23.0 Å². The number of carboxylic acids is 4. The van der Waals surface area contributed by atoms with Gasteiger partial charge in [-0.25, -0.2) is 0 Å². The van der Waals surface area contributed by atoms with Crippen LogP contribution in [0.2, 0.25) is 0 Å². The molecule has 21 rings (SSSR count). The first-order valence-corrected chi connectivity index (χ1v) is 40.1. The maximum absolute atomic E-state index is 13.1. The van der Waals surface area contributed by atoms with E-state index >= 15 is 0 Å². The van der Waals surface area contributed by atoms with Crippen LogP contribution in [-0.4, -0.2) is 70.7 Å². The minimum absolute atomic E-state index is 0.206. The predicted octanol–water partition coefficient (Wildman–Crippen LogP) is 18.8. The fourth-order valence-electron chi connectivity index (χ4n) is 28.9. The van der Waals surface area contributed by atoms with Gasteiger partial charge in [-0.2, -0.15) is 0 Å². The van der Waals surface area contributed by atoms with Crippen LogP contribution < -0.4 is 18.9 Å². The Bertz CT molecular complexity index is 3290. The van der Waals surface area contributed by atoms with Gasteiger partial charge in [0.2, 0.25) is 0 Å². The van der Waals surface area contributed by atoms with E-state index in [2.05, 4.69) is 76.2 Å². The highest BCUT2D eigenvalue weighted by Crippen LogP contribution is 2.72. The van der Waals surface area contributed by atoms with Gasteiger partial charge < -0.3 is 39.4 Å². The van der Waals surface area contributed by atoms with Gasteiger partial charge in [0.05, 0.1) is 52.1 Å². The quantitative estimate of drug-likeness (QED) is 0.0459. The Morgan fingerprint density at radius 1 is 0.300 bits per heavy atom. The molecule has 0 spiro atoms. The molecular weight excluding hydrogens is 1250 g/mol. The van der Waals surface area contributed by atoms with Crippen LogP contribution in [0.1, 0.15) is 300 Å². The highest BCUT2D eigenvalue weighted by Gasteiger charge is 2.63. The summed E-state index contributed by atoms with van der Waals surface area (Å²) >= 11 is 0. The van der Waals surface area contributed by atoms with Crippen LogP contribution >= 0.6 is 0 Å². The first kappa shape index (κ1) is 67.2. The average Bonchev–Trinajstić information content (AvgIpc) is 0.733. The molecule has 0 aliphatic heterocycles. The van der Waals surface area contributed by atoms with Crippen molar-refractivity contribution in [2.24, 2.45) is 69.0 Å². The molecule has 100 heavy (non-hydrogen) atoms. The van der Waals surface area contributed by atoms with Crippen molar-refractivity contribution in [2.75, 3.05) is 26.4 Å². The summed E-state index contributed by atoms with van der Waals surface area (Å²) < 4.78 is 29.9. The van der Waals surface area contributed by atoms with Crippen molar-refractivity contribution in [3.8, 4) is 23.0 Å². The van der Waals surface area contributed by atoms with Gasteiger partial charge in [-0.15, -0.1) is 0 Å². The smallest absolute Gasteiger partial charge is 0.303 e. The minimum atomic E-state index is -0.690. The summed E-state index contributed by atoms with van der Waals surface area (Å²) in [6, 6.07) is 20.3. The van der Waals surface area contributed by atoms with Gasteiger partial charge in [0.15, 0.2) is 0 Å². The van der Waals surface area contributed by atoms with Crippen molar-refractivity contribution in [1.82, 2.24) is 0 Å². The van der Waals surface area contributed by atoms with Crippen molar-refractivity contribution in [2.45, 2.75) is 281 Å². The van der Waals surface area contributed by atoms with Gasteiger partial charge in [0.25, 0.3) is 0 Å². The fourth-order valence-corrected chi connectivity index (χ4v) is 28.9. The SMILES string of the molecule is CCCOc1c2cc(C34CC5CC(CC(CC(=O)O)(C5)C3)C4)cc1Cc1cc(C34CC5CC(CC(CC(=O)O)(C5)C3)C4)cc(c1OCCC)Cc1cc(C34CC5CC(CC(CC(=O)O)(C5)C3)C4)cc(c1OCCC)Cc1cc(C34CC5CC(CC(CC(=O)O)(C5)C3)C4)cc(c1OCCC)C2. The van der Waals surface area contributed by atoms with Crippen LogP contribution in [0.25, 0.3) is 0 Å². The summed E-state index contributed by atoms with van der Waals surface area (Å²) in [5.41, 5.74) is 12.4. The Morgan fingerprint density at radius 2 is 0.470 bits per heavy atom. The van der Waals surface area contributed by atoms with Gasteiger partial charge in [0, 0.05) is 25.7 Å². The topological polar surface area (TPSA) is 186 Å². The van der Waals surface area contributed by atoms with Gasteiger partial charge in [-0.3, -0.25) is 19.2 Å². The number of benzene rings is 4. The summed E-state index contributed by atoms with van der Waals surface area (Å²) in [6.45, 7) is 10.9. The summed E-state index contributed by atoms with van der Waals surface area (Å²) in [7, 11) is 0. The van der Waals surface area contributed by atoms with Gasteiger partial charge in [-0.1, -0.05) is 76.2 Å². The zero-order chi connectivity index (χ0) is 68.9. The van der Waals surface area contributed by atoms with Crippen molar-refractivity contribution < 1.29 is 58.6 Å². The van der Waals surface area contributed by atoms with E-state index in [0.29, 0.717) is 99.5 Å². The number of carboxylic acid groups (broad SMARTS) is 4. The lowest BCUT2D eigenvalue weighted by Gasteiger charge is -2.62. The van der Waals surface area contributed by atoms with Crippen molar-refractivity contribution in [3.05, 3.63) is 115 Å². The van der Waals surface area contributed by atoms with Crippen molar-refractivity contribution in [3.63, 3.8) is 0 Å². The van der Waals surface area contributed by atoms with E-state index in [1.165, 1.54) is 47.9 Å². The number of hydrogen-bond acceptors (Lipinski definition) is 8. The largest absolute Gasteiger partial charge is 0.493 e. The molecule has 16 fully saturated rings. The van der Waals surface area contributed by atoms with E-state index in [0.717, 1.165) is 222 Å². The molecule has 4 N–H and O–H groups in total. The zero-order valence-corrected chi connectivity index (χ0v) is 60.6. The maximum atomic E-state index is 13.1. The second kappa shape index (κ2) is 24.8. The number of fused-ring (bicyclic) bond motifs is 8. The fraction of sp³-hybridized carbons (Fsp3) is 0.682. The minimum Gasteiger partial charge on any atom is -0.493 e. The standard InChI is InChI=1S/C88H112O12/c1-5-9-97-77-61-17-63-23-70(86-39-55-14-56(40-86)32-82(31-55,50-86)46-74(91)92)25-65(78(63)98-10-6-2)19-67-27-72(88-43-59-16-60(44-88)36-84(35-59,52-88)48-76(95)96)28-68(80(67)100-12-8-4)20-66-26-71(87-41-57-15-58(42-87)34-83(33-57,51-87)47-75(93)94)24-64(79(66)99-11-7-3)18-62(77)22-69(21-61)85-37-53-13-54(38-85)30-81(29-53,49-85)45-73(89)90/h21-28,53-60H,5-20,29-52H2,1-4H3,(H,89,90)(H,91,92)(H,93,94)(H,95,96). The molecule has 12 nitrogen and oxygen atoms in total. The second-order valence-corrected chi connectivity index (χ2v) is 37.8. The van der Waals surface area contributed by atoms with E-state index in [4.69, 9.17) is 18.9 Å². The van der Waals surface area contributed by atoms with Gasteiger partial charge in [-0.05, 0) is 337 Å². The molecule has 17 aliphatic rings. The van der Waals surface area contributed by atoms with Crippen molar-refractivity contribution >= 4 is 23.9 Å². The Balaban J connectivity index is 0.941. The third kappa shape index (κ3) is 11.8. The number of ether oxygens (including phenoxy) is 4. The van der Waals surface area contributed by atoms with Crippen LogP contribution in [0.15, 0.2) is 48.5 Å². The van der Waals surface area contributed by atoms with E-state index in [1.807, 2.05) is 0 Å². The molecule has 0 aromatic heterocycles.